The van der Waals surface area contributed by atoms with Gasteiger partial charge in [0.25, 0.3) is 0 Å². The van der Waals surface area contributed by atoms with Gasteiger partial charge in [-0.2, -0.15) is 0 Å². The zero-order chi connectivity index (χ0) is 13.2. The van der Waals surface area contributed by atoms with Gasteiger partial charge in [0.2, 0.25) is 0 Å². The van der Waals surface area contributed by atoms with E-state index in [0.29, 0.717) is 0 Å². The highest BCUT2D eigenvalue weighted by molar-refractivity contribution is 7.10. The van der Waals surface area contributed by atoms with Crippen LogP contribution in [0.15, 0.2) is 17.8 Å². The highest BCUT2D eigenvalue weighted by Crippen LogP contribution is 2.23. The van der Waals surface area contributed by atoms with Gasteiger partial charge in [-0.05, 0) is 23.9 Å². The van der Waals surface area contributed by atoms with Crippen molar-refractivity contribution in [3.63, 3.8) is 0 Å². The van der Waals surface area contributed by atoms with Crippen molar-refractivity contribution < 1.29 is 4.74 Å². The summed E-state index contributed by atoms with van der Waals surface area (Å²) in [7, 11) is 1.96. The van der Waals surface area contributed by atoms with E-state index in [-0.39, 0.29) is 6.10 Å². The number of ether oxygens (including phenoxy) is 1. The molecule has 2 aromatic rings. The lowest BCUT2D eigenvalue weighted by molar-refractivity contribution is -0.0383. The SMILES string of the molecule is Cc1ccsc1CN1CCO[C@@H](c2nncn2C)C1. The van der Waals surface area contributed by atoms with Crippen LogP contribution in [0.5, 0.6) is 0 Å². The van der Waals surface area contributed by atoms with Gasteiger partial charge in [0.1, 0.15) is 12.4 Å². The molecule has 0 aliphatic carbocycles. The quantitative estimate of drug-likeness (QED) is 0.858. The number of aromatic nitrogens is 3. The molecule has 0 unspecified atom stereocenters. The summed E-state index contributed by atoms with van der Waals surface area (Å²) in [6.45, 7) is 5.78. The Bertz CT molecular complexity index is 550. The van der Waals surface area contributed by atoms with Gasteiger partial charge in [-0.25, -0.2) is 0 Å². The van der Waals surface area contributed by atoms with Gasteiger partial charge >= 0.3 is 0 Å². The summed E-state index contributed by atoms with van der Waals surface area (Å²) in [6.07, 6.45) is 1.75. The van der Waals surface area contributed by atoms with Crippen LogP contribution in [-0.4, -0.2) is 39.4 Å². The first kappa shape index (κ1) is 12.8. The van der Waals surface area contributed by atoms with Gasteiger partial charge in [-0.15, -0.1) is 21.5 Å². The second-order valence-corrected chi connectivity index (χ2v) is 5.92. The molecule has 19 heavy (non-hydrogen) atoms. The van der Waals surface area contributed by atoms with Gasteiger partial charge < -0.3 is 9.30 Å². The molecule has 0 bridgehead atoms. The standard InChI is InChI=1S/C13H18N4OS/c1-10-3-6-19-12(10)8-17-4-5-18-11(7-17)13-15-14-9-16(13)2/h3,6,9,11H,4-5,7-8H2,1-2H3/t11-/m1/s1. The van der Waals surface area contributed by atoms with E-state index in [4.69, 9.17) is 4.74 Å². The molecule has 0 N–H and O–H groups in total. The Hall–Kier alpha value is -1.24. The minimum atomic E-state index is 0.0292. The Kier molecular flexibility index (Phi) is 3.63. The maximum atomic E-state index is 5.82. The number of thiophene rings is 1. The molecule has 102 valence electrons. The Morgan fingerprint density at radius 1 is 1.53 bits per heavy atom. The molecule has 6 heteroatoms. The third kappa shape index (κ3) is 2.70. The van der Waals surface area contributed by atoms with Crippen molar-refractivity contribution in [1.82, 2.24) is 19.7 Å². The zero-order valence-electron chi connectivity index (χ0n) is 11.2. The van der Waals surface area contributed by atoms with Crippen LogP contribution < -0.4 is 0 Å². The number of hydrogen-bond acceptors (Lipinski definition) is 5. The Balaban J connectivity index is 1.68. The van der Waals surface area contributed by atoms with E-state index < -0.39 is 0 Å². The molecule has 1 fully saturated rings. The Labute approximate surface area is 116 Å². The van der Waals surface area contributed by atoms with E-state index >= 15 is 0 Å². The van der Waals surface area contributed by atoms with Crippen LogP contribution in [-0.2, 0) is 18.3 Å². The van der Waals surface area contributed by atoms with Crippen LogP contribution in [0.4, 0.5) is 0 Å². The predicted octanol–water partition coefficient (Wildman–Crippen LogP) is 1.76. The molecule has 0 amide bonds. The van der Waals surface area contributed by atoms with E-state index in [1.54, 1.807) is 6.33 Å². The molecule has 1 atom stereocenters. The monoisotopic (exact) mass is 278 g/mol. The highest BCUT2D eigenvalue weighted by Gasteiger charge is 2.25. The van der Waals surface area contributed by atoms with Crippen molar-refractivity contribution in [1.29, 1.82) is 0 Å². The summed E-state index contributed by atoms with van der Waals surface area (Å²) >= 11 is 1.83. The number of aryl methyl sites for hydroxylation is 2. The van der Waals surface area contributed by atoms with Crippen molar-refractivity contribution in [3.8, 4) is 0 Å². The highest BCUT2D eigenvalue weighted by atomic mass is 32.1. The van der Waals surface area contributed by atoms with Crippen molar-refractivity contribution in [2.75, 3.05) is 19.7 Å². The molecule has 5 nitrogen and oxygen atoms in total. The maximum Gasteiger partial charge on any atom is 0.163 e. The lowest BCUT2D eigenvalue weighted by Crippen LogP contribution is -2.38. The lowest BCUT2D eigenvalue weighted by atomic mass is 10.2. The minimum Gasteiger partial charge on any atom is -0.368 e. The Morgan fingerprint density at radius 2 is 2.42 bits per heavy atom. The lowest BCUT2D eigenvalue weighted by Gasteiger charge is -2.32. The molecule has 1 aliphatic heterocycles. The summed E-state index contributed by atoms with van der Waals surface area (Å²) in [4.78, 5) is 3.88. The smallest absolute Gasteiger partial charge is 0.163 e. The van der Waals surface area contributed by atoms with Crippen molar-refractivity contribution >= 4 is 11.3 Å². The van der Waals surface area contributed by atoms with Crippen LogP contribution in [0, 0.1) is 6.92 Å². The predicted molar refractivity (Wildman–Crippen MR) is 74.0 cm³/mol. The van der Waals surface area contributed by atoms with Crippen LogP contribution in [0.3, 0.4) is 0 Å². The first-order valence-corrected chi connectivity index (χ1v) is 7.33. The minimum absolute atomic E-state index is 0.0292. The second-order valence-electron chi connectivity index (χ2n) is 4.92. The topological polar surface area (TPSA) is 43.2 Å². The fourth-order valence-electron chi connectivity index (χ4n) is 2.36. The van der Waals surface area contributed by atoms with E-state index in [0.717, 1.165) is 32.1 Å². The third-order valence-electron chi connectivity index (χ3n) is 3.52. The van der Waals surface area contributed by atoms with Gasteiger partial charge in [-0.3, -0.25) is 4.90 Å². The molecule has 0 saturated carbocycles. The number of rotatable bonds is 3. The van der Waals surface area contributed by atoms with Crippen LogP contribution in [0.1, 0.15) is 22.4 Å². The number of morpholine rings is 1. The molecule has 0 aromatic carbocycles. The summed E-state index contributed by atoms with van der Waals surface area (Å²) in [5.74, 6) is 0.910. The summed E-state index contributed by atoms with van der Waals surface area (Å²) < 4.78 is 7.76. The molecule has 2 aromatic heterocycles. The molecule has 0 spiro atoms. The maximum absolute atomic E-state index is 5.82. The van der Waals surface area contributed by atoms with Crippen molar-refractivity contribution in [2.45, 2.75) is 19.6 Å². The largest absolute Gasteiger partial charge is 0.368 e. The van der Waals surface area contributed by atoms with Gasteiger partial charge in [0, 0.05) is 31.6 Å². The number of hydrogen-bond donors (Lipinski definition) is 0. The first-order chi connectivity index (χ1) is 9.24. The van der Waals surface area contributed by atoms with E-state index in [1.807, 2.05) is 23.0 Å². The average molecular weight is 278 g/mol. The normalized spacial score (nSPS) is 20.8. The molecule has 1 aliphatic rings. The summed E-state index contributed by atoms with van der Waals surface area (Å²) in [5.41, 5.74) is 1.38. The van der Waals surface area contributed by atoms with Crippen molar-refractivity contribution in [3.05, 3.63) is 34.0 Å². The molecule has 1 saturated heterocycles. The molecular formula is C13H18N4OS. The Morgan fingerprint density at radius 3 is 3.11 bits per heavy atom. The van der Waals surface area contributed by atoms with E-state index in [1.165, 1.54) is 10.4 Å². The molecular weight excluding hydrogens is 260 g/mol. The molecule has 3 heterocycles. The first-order valence-electron chi connectivity index (χ1n) is 6.45. The van der Waals surface area contributed by atoms with Crippen LogP contribution in [0.25, 0.3) is 0 Å². The second kappa shape index (κ2) is 5.40. The van der Waals surface area contributed by atoms with E-state index in [2.05, 4.69) is 33.5 Å². The fourth-order valence-corrected chi connectivity index (χ4v) is 3.30. The van der Waals surface area contributed by atoms with Gasteiger partial charge in [0.05, 0.1) is 6.61 Å². The zero-order valence-corrected chi connectivity index (χ0v) is 12.1. The van der Waals surface area contributed by atoms with Crippen molar-refractivity contribution in [2.24, 2.45) is 7.05 Å². The molecule has 0 radical (unpaired) electrons. The molecule has 3 rings (SSSR count). The van der Waals surface area contributed by atoms with Gasteiger partial charge in [0.15, 0.2) is 5.82 Å². The van der Waals surface area contributed by atoms with Crippen LogP contribution in [0.2, 0.25) is 0 Å². The average Bonchev–Trinajstić information content (AvgIpc) is 3.00. The summed E-state index contributed by atoms with van der Waals surface area (Å²) in [6, 6.07) is 2.18. The fraction of sp³-hybridized carbons (Fsp3) is 0.538. The summed E-state index contributed by atoms with van der Waals surface area (Å²) in [5, 5.41) is 10.2. The third-order valence-corrected chi connectivity index (χ3v) is 4.53. The van der Waals surface area contributed by atoms with Gasteiger partial charge in [-0.1, -0.05) is 0 Å². The van der Waals surface area contributed by atoms with Crippen LogP contribution >= 0.6 is 11.3 Å². The van der Waals surface area contributed by atoms with E-state index in [9.17, 15) is 0 Å². The number of nitrogens with zero attached hydrogens (tertiary/aromatic N) is 4.